The van der Waals surface area contributed by atoms with Crippen LogP contribution in [0.1, 0.15) is 30.4 Å². The van der Waals surface area contributed by atoms with Crippen molar-refractivity contribution in [2.45, 2.75) is 32.7 Å². The van der Waals surface area contributed by atoms with E-state index in [1.54, 1.807) is 0 Å². The summed E-state index contributed by atoms with van der Waals surface area (Å²) in [6, 6.07) is 8.33. The van der Waals surface area contributed by atoms with E-state index >= 15 is 0 Å². The molecule has 0 aromatic heterocycles. The van der Waals surface area contributed by atoms with Gasteiger partial charge in [-0.05, 0) is 32.4 Å². The molecular formula is C14H20N2O. The van der Waals surface area contributed by atoms with Crippen LogP contribution in [0, 0.1) is 18.3 Å². The van der Waals surface area contributed by atoms with Gasteiger partial charge in [0.1, 0.15) is 5.75 Å². The molecule has 0 aliphatic heterocycles. The van der Waals surface area contributed by atoms with E-state index in [1.807, 2.05) is 13.1 Å². The first-order valence-corrected chi connectivity index (χ1v) is 6.02. The summed E-state index contributed by atoms with van der Waals surface area (Å²) in [7, 11) is 1.93. The fourth-order valence-electron chi connectivity index (χ4n) is 1.73. The minimum Gasteiger partial charge on any atom is -0.493 e. The van der Waals surface area contributed by atoms with Crippen LogP contribution < -0.4 is 10.1 Å². The lowest BCUT2D eigenvalue weighted by Crippen LogP contribution is -2.09. The van der Waals surface area contributed by atoms with Gasteiger partial charge < -0.3 is 10.1 Å². The van der Waals surface area contributed by atoms with Gasteiger partial charge in [-0.2, -0.15) is 5.26 Å². The molecule has 0 saturated carbocycles. The summed E-state index contributed by atoms with van der Waals surface area (Å²) in [5, 5.41) is 11.6. The van der Waals surface area contributed by atoms with E-state index in [9.17, 15) is 0 Å². The summed E-state index contributed by atoms with van der Waals surface area (Å²) in [4.78, 5) is 0. The quantitative estimate of drug-likeness (QED) is 0.735. The van der Waals surface area contributed by atoms with E-state index < -0.39 is 0 Å². The molecule has 0 radical (unpaired) electrons. The Bertz CT molecular complexity index is 382. The highest BCUT2D eigenvalue weighted by Gasteiger charge is 2.05. The number of para-hydroxylation sites is 1. The van der Waals surface area contributed by atoms with Gasteiger partial charge in [0.15, 0.2) is 0 Å². The highest BCUT2D eigenvalue weighted by atomic mass is 16.5. The van der Waals surface area contributed by atoms with Gasteiger partial charge in [-0.25, -0.2) is 0 Å². The van der Waals surface area contributed by atoms with E-state index in [2.05, 4.69) is 30.4 Å². The predicted octanol–water partition coefficient (Wildman–Crippen LogP) is 2.79. The summed E-state index contributed by atoms with van der Waals surface area (Å²) in [6.45, 7) is 3.56. The Labute approximate surface area is 103 Å². The number of unbranched alkanes of at least 4 members (excludes halogenated alkanes) is 2. The van der Waals surface area contributed by atoms with Gasteiger partial charge in [-0.1, -0.05) is 18.2 Å². The highest BCUT2D eigenvalue weighted by molar-refractivity contribution is 5.40. The molecule has 1 aromatic rings. The number of aryl methyl sites for hydroxylation is 1. The van der Waals surface area contributed by atoms with Crippen molar-refractivity contribution in [3.8, 4) is 11.8 Å². The van der Waals surface area contributed by atoms with Crippen LogP contribution in [0.25, 0.3) is 0 Å². The van der Waals surface area contributed by atoms with Crippen molar-refractivity contribution in [2.24, 2.45) is 0 Å². The number of hydrogen-bond acceptors (Lipinski definition) is 3. The largest absolute Gasteiger partial charge is 0.493 e. The van der Waals surface area contributed by atoms with Crippen LogP contribution >= 0.6 is 0 Å². The lowest BCUT2D eigenvalue weighted by atomic mass is 10.1. The molecule has 0 unspecified atom stereocenters. The number of benzene rings is 1. The van der Waals surface area contributed by atoms with Crippen LogP contribution in [-0.4, -0.2) is 13.7 Å². The van der Waals surface area contributed by atoms with E-state index in [4.69, 9.17) is 10.00 Å². The monoisotopic (exact) mass is 232 g/mol. The molecule has 0 fully saturated rings. The number of rotatable bonds is 7. The van der Waals surface area contributed by atoms with Gasteiger partial charge in [0, 0.05) is 18.5 Å². The molecular weight excluding hydrogens is 212 g/mol. The zero-order chi connectivity index (χ0) is 12.5. The predicted molar refractivity (Wildman–Crippen MR) is 68.9 cm³/mol. The van der Waals surface area contributed by atoms with Crippen molar-refractivity contribution in [1.82, 2.24) is 5.32 Å². The van der Waals surface area contributed by atoms with Gasteiger partial charge >= 0.3 is 0 Å². The van der Waals surface area contributed by atoms with Crippen molar-refractivity contribution in [3.05, 3.63) is 29.3 Å². The van der Waals surface area contributed by atoms with E-state index in [1.165, 1.54) is 5.56 Å². The molecule has 92 valence electrons. The number of nitrogens with zero attached hydrogens (tertiary/aromatic N) is 1. The molecule has 1 rings (SSSR count). The van der Waals surface area contributed by atoms with Crippen molar-refractivity contribution in [1.29, 1.82) is 5.26 Å². The minimum absolute atomic E-state index is 0.612. The molecule has 0 amide bonds. The van der Waals surface area contributed by atoms with Gasteiger partial charge in [0.05, 0.1) is 12.7 Å². The SMILES string of the molecule is CNCc1cccc(C)c1OCCCCC#N. The summed E-state index contributed by atoms with van der Waals surface area (Å²) in [6.07, 6.45) is 2.45. The maximum atomic E-state index is 8.44. The molecule has 17 heavy (non-hydrogen) atoms. The third-order valence-corrected chi connectivity index (χ3v) is 2.59. The molecule has 1 aromatic carbocycles. The van der Waals surface area contributed by atoms with Gasteiger partial charge in [0.25, 0.3) is 0 Å². The van der Waals surface area contributed by atoms with E-state index in [0.717, 1.165) is 30.7 Å². The summed E-state index contributed by atoms with van der Waals surface area (Å²) in [5.41, 5.74) is 2.35. The molecule has 3 nitrogen and oxygen atoms in total. The van der Waals surface area contributed by atoms with Crippen LogP contribution in [-0.2, 0) is 6.54 Å². The topological polar surface area (TPSA) is 45.0 Å². The number of ether oxygens (including phenoxy) is 1. The van der Waals surface area contributed by atoms with Crippen LogP contribution in [0.3, 0.4) is 0 Å². The van der Waals surface area contributed by atoms with Crippen LogP contribution in [0.4, 0.5) is 0 Å². The molecule has 0 aliphatic carbocycles. The summed E-state index contributed by atoms with van der Waals surface area (Å²) < 4.78 is 5.82. The molecule has 1 N–H and O–H groups in total. The van der Waals surface area contributed by atoms with Crippen molar-refractivity contribution >= 4 is 0 Å². The summed E-state index contributed by atoms with van der Waals surface area (Å²) in [5.74, 6) is 0.985. The number of nitriles is 1. The Morgan fingerprint density at radius 2 is 2.18 bits per heavy atom. The molecule has 0 atom stereocenters. The van der Waals surface area contributed by atoms with Gasteiger partial charge in [-0.15, -0.1) is 0 Å². The van der Waals surface area contributed by atoms with Crippen molar-refractivity contribution in [2.75, 3.05) is 13.7 Å². The second-order valence-corrected chi connectivity index (χ2v) is 4.06. The van der Waals surface area contributed by atoms with E-state index in [-0.39, 0.29) is 0 Å². The Kier molecular flexibility index (Phi) is 6.13. The first kappa shape index (κ1) is 13.5. The molecule has 0 heterocycles. The maximum absolute atomic E-state index is 8.44. The average Bonchev–Trinajstić information content (AvgIpc) is 2.32. The second-order valence-electron chi connectivity index (χ2n) is 4.06. The maximum Gasteiger partial charge on any atom is 0.126 e. The van der Waals surface area contributed by atoms with Crippen LogP contribution in [0.15, 0.2) is 18.2 Å². The fraction of sp³-hybridized carbons (Fsp3) is 0.500. The zero-order valence-electron chi connectivity index (χ0n) is 10.6. The van der Waals surface area contributed by atoms with Crippen LogP contribution in [0.2, 0.25) is 0 Å². The van der Waals surface area contributed by atoms with Crippen molar-refractivity contribution < 1.29 is 4.74 Å². The average molecular weight is 232 g/mol. The molecule has 0 saturated heterocycles. The first-order valence-electron chi connectivity index (χ1n) is 6.02. The molecule has 0 bridgehead atoms. The van der Waals surface area contributed by atoms with Crippen molar-refractivity contribution in [3.63, 3.8) is 0 Å². The molecule has 0 spiro atoms. The Morgan fingerprint density at radius 1 is 1.35 bits per heavy atom. The number of nitrogens with one attached hydrogen (secondary N) is 1. The van der Waals surface area contributed by atoms with Gasteiger partial charge in [-0.3, -0.25) is 0 Å². The normalized spacial score (nSPS) is 9.94. The minimum atomic E-state index is 0.612. The Morgan fingerprint density at radius 3 is 2.88 bits per heavy atom. The fourth-order valence-corrected chi connectivity index (χ4v) is 1.73. The number of hydrogen-bond donors (Lipinski definition) is 1. The Hall–Kier alpha value is -1.53. The molecule has 0 aliphatic rings. The lowest BCUT2D eigenvalue weighted by molar-refractivity contribution is 0.302. The smallest absolute Gasteiger partial charge is 0.126 e. The lowest BCUT2D eigenvalue weighted by Gasteiger charge is -2.13. The first-order chi connectivity index (χ1) is 8.29. The second kappa shape index (κ2) is 7.70. The molecule has 3 heteroatoms. The van der Waals surface area contributed by atoms with Crippen LogP contribution in [0.5, 0.6) is 5.75 Å². The Balaban J connectivity index is 2.53. The summed E-state index contributed by atoms with van der Waals surface area (Å²) >= 11 is 0. The third kappa shape index (κ3) is 4.46. The standard InChI is InChI=1S/C14H20N2O/c1-12-7-6-8-13(11-16-2)14(12)17-10-5-3-4-9-15/h6-8,16H,3-5,10-11H2,1-2H3. The highest BCUT2D eigenvalue weighted by Crippen LogP contribution is 2.23. The zero-order valence-corrected chi connectivity index (χ0v) is 10.6. The van der Waals surface area contributed by atoms with Gasteiger partial charge in [0.2, 0.25) is 0 Å². The van der Waals surface area contributed by atoms with E-state index in [0.29, 0.717) is 13.0 Å². The third-order valence-electron chi connectivity index (χ3n) is 2.59.